The number of carbonyl (C=O) groups excluding carboxylic acids is 1. The van der Waals surface area contributed by atoms with Crippen LogP contribution < -0.4 is 15.4 Å². The van der Waals surface area contributed by atoms with Gasteiger partial charge in [-0.05, 0) is 24.6 Å². The van der Waals surface area contributed by atoms with Crippen molar-refractivity contribution in [1.29, 1.82) is 5.26 Å². The summed E-state index contributed by atoms with van der Waals surface area (Å²) in [7, 11) is 1.49. The van der Waals surface area contributed by atoms with Crippen molar-refractivity contribution in [3.63, 3.8) is 0 Å². The molecule has 1 amide bonds. The lowest BCUT2D eigenvalue weighted by molar-refractivity contribution is -0.112. The van der Waals surface area contributed by atoms with Gasteiger partial charge in [-0.1, -0.05) is 11.6 Å². The van der Waals surface area contributed by atoms with Crippen LogP contribution in [0.25, 0.3) is 0 Å². The lowest BCUT2D eigenvalue weighted by Crippen LogP contribution is -2.17. The summed E-state index contributed by atoms with van der Waals surface area (Å²) in [6.07, 6.45) is 1.85. The number of nitrogens with one attached hydrogen (secondary N) is 2. The van der Waals surface area contributed by atoms with Crippen LogP contribution in [0.3, 0.4) is 0 Å². The predicted molar refractivity (Wildman–Crippen MR) is 80.0 cm³/mol. The second kappa shape index (κ2) is 8.84. The minimum Gasteiger partial charge on any atom is -0.495 e. The molecule has 0 aromatic heterocycles. The van der Waals surface area contributed by atoms with Gasteiger partial charge in [0.2, 0.25) is 0 Å². The standard InChI is InChI=1S/C14H16ClN3O3/c1-21-13-4-3-11(7-12(13)15)18-14(20)10(8-16)9-17-5-2-6-19/h3-4,7,9,17,19H,2,5-6H2,1H3,(H,18,20)/b10-9-. The fraction of sp³-hybridized carbons (Fsp3) is 0.286. The van der Waals surface area contributed by atoms with Gasteiger partial charge in [0, 0.05) is 25.0 Å². The summed E-state index contributed by atoms with van der Waals surface area (Å²) >= 11 is 5.95. The van der Waals surface area contributed by atoms with Crippen molar-refractivity contribution in [1.82, 2.24) is 5.32 Å². The van der Waals surface area contributed by atoms with Gasteiger partial charge in [-0.15, -0.1) is 0 Å². The van der Waals surface area contributed by atoms with Gasteiger partial charge in [0.1, 0.15) is 17.4 Å². The van der Waals surface area contributed by atoms with E-state index in [2.05, 4.69) is 10.6 Å². The first-order chi connectivity index (χ1) is 10.1. The van der Waals surface area contributed by atoms with Crippen LogP contribution >= 0.6 is 11.6 Å². The molecule has 0 saturated heterocycles. The number of nitrogens with zero attached hydrogens (tertiary/aromatic N) is 1. The highest BCUT2D eigenvalue weighted by Crippen LogP contribution is 2.27. The Kier molecular flexibility index (Phi) is 7.09. The Morgan fingerprint density at radius 3 is 2.90 bits per heavy atom. The summed E-state index contributed by atoms with van der Waals surface area (Å²) in [5.41, 5.74) is 0.391. The normalized spacial score (nSPS) is 10.7. The number of methoxy groups -OCH3 is 1. The van der Waals surface area contributed by atoms with Crippen molar-refractivity contribution < 1.29 is 14.6 Å². The molecule has 3 N–H and O–H groups in total. The lowest BCUT2D eigenvalue weighted by atomic mass is 10.2. The van der Waals surface area contributed by atoms with Crippen LogP contribution in [0.1, 0.15) is 6.42 Å². The quantitative estimate of drug-likeness (QED) is 0.404. The summed E-state index contributed by atoms with van der Waals surface area (Å²) in [5.74, 6) is -0.0494. The number of nitriles is 1. The van der Waals surface area contributed by atoms with E-state index in [4.69, 9.17) is 26.7 Å². The summed E-state index contributed by atoms with van der Waals surface area (Å²) < 4.78 is 5.01. The number of hydrogen-bond donors (Lipinski definition) is 3. The Hall–Kier alpha value is -2.23. The topological polar surface area (TPSA) is 94.4 Å². The maximum Gasteiger partial charge on any atom is 0.267 e. The smallest absolute Gasteiger partial charge is 0.267 e. The number of hydrogen-bond acceptors (Lipinski definition) is 5. The van der Waals surface area contributed by atoms with Crippen molar-refractivity contribution >= 4 is 23.2 Å². The zero-order chi connectivity index (χ0) is 15.7. The zero-order valence-electron chi connectivity index (χ0n) is 11.5. The number of rotatable bonds is 7. The molecule has 0 heterocycles. The first kappa shape index (κ1) is 16.8. The molecule has 0 saturated carbocycles. The Morgan fingerprint density at radius 1 is 1.57 bits per heavy atom. The number of anilines is 1. The van der Waals surface area contributed by atoms with Gasteiger partial charge in [-0.25, -0.2) is 0 Å². The number of amides is 1. The molecule has 0 bridgehead atoms. The molecule has 0 aliphatic carbocycles. The third-order valence-corrected chi connectivity index (χ3v) is 2.80. The number of carbonyl (C=O) groups is 1. The van der Waals surface area contributed by atoms with Gasteiger partial charge in [0.25, 0.3) is 5.91 Å². The van der Waals surface area contributed by atoms with Crippen molar-refractivity contribution in [2.45, 2.75) is 6.42 Å². The predicted octanol–water partition coefficient (Wildman–Crippen LogP) is 1.67. The zero-order valence-corrected chi connectivity index (χ0v) is 12.3. The monoisotopic (exact) mass is 309 g/mol. The Balaban J connectivity index is 2.70. The van der Waals surface area contributed by atoms with Gasteiger partial charge >= 0.3 is 0 Å². The third-order valence-electron chi connectivity index (χ3n) is 2.50. The fourth-order valence-electron chi connectivity index (χ4n) is 1.45. The molecule has 6 nitrogen and oxygen atoms in total. The van der Waals surface area contributed by atoms with Crippen molar-refractivity contribution in [2.24, 2.45) is 0 Å². The molecule has 1 rings (SSSR count). The van der Waals surface area contributed by atoms with Crippen molar-refractivity contribution in [3.05, 3.63) is 35.0 Å². The van der Waals surface area contributed by atoms with Gasteiger partial charge in [0.05, 0.1) is 12.1 Å². The van der Waals surface area contributed by atoms with Crippen LogP contribution in [0, 0.1) is 11.3 Å². The molecule has 0 fully saturated rings. The molecule has 112 valence electrons. The van der Waals surface area contributed by atoms with E-state index in [1.807, 2.05) is 0 Å². The molecule has 0 atom stereocenters. The molecule has 0 spiro atoms. The van der Waals surface area contributed by atoms with E-state index in [9.17, 15) is 4.79 Å². The second-order valence-electron chi connectivity index (χ2n) is 4.00. The van der Waals surface area contributed by atoms with Gasteiger partial charge in [-0.3, -0.25) is 4.79 Å². The van der Waals surface area contributed by atoms with Gasteiger partial charge < -0.3 is 20.5 Å². The van der Waals surface area contributed by atoms with E-state index >= 15 is 0 Å². The number of halogens is 1. The second-order valence-corrected chi connectivity index (χ2v) is 4.41. The fourth-order valence-corrected chi connectivity index (χ4v) is 1.70. The van der Waals surface area contributed by atoms with Gasteiger partial charge in [-0.2, -0.15) is 5.26 Å². The Morgan fingerprint density at radius 2 is 2.33 bits per heavy atom. The number of aliphatic hydroxyl groups excluding tert-OH is 1. The van der Waals surface area contributed by atoms with Crippen LogP contribution in [0.2, 0.25) is 5.02 Å². The Labute approximate surface area is 128 Å². The molecule has 1 aromatic carbocycles. The molecule has 0 aliphatic heterocycles. The summed E-state index contributed by atoms with van der Waals surface area (Å²) in [5, 5.41) is 23.3. The van der Waals surface area contributed by atoms with E-state index in [1.165, 1.54) is 19.4 Å². The maximum absolute atomic E-state index is 11.9. The van der Waals surface area contributed by atoms with E-state index in [0.717, 1.165) is 0 Å². The molecule has 7 heteroatoms. The minimum absolute atomic E-state index is 0.0409. The molecular formula is C14H16ClN3O3. The Bertz CT molecular complexity index is 567. The lowest BCUT2D eigenvalue weighted by Gasteiger charge is -2.07. The van der Waals surface area contributed by atoms with Gasteiger partial charge in [0.15, 0.2) is 0 Å². The first-order valence-electron chi connectivity index (χ1n) is 6.21. The largest absolute Gasteiger partial charge is 0.495 e. The maximum atomic E-state index is 11.9. The molecule has 21 heavy (non-hydrogen) atoms. The molecular weight excluding hydrogens is 294 g/mol. The number of ether oxygens (including phenoxy) is 1. The molecule has 0 radical (unpaired) electrons. The van der Waals surface area contributed by atoms with E-state index < -0.39 is 5.91 Å². The average Bonchev–Trinajstić information content (AvgIpc) is 2.47. The van der Waals surface area contributed by atoms with Crippen molar-refractivity contribution in [3.8, 4) is 11.8 Å². The van der Waals surface area contributed by atoms with Crippen LogP contribution in [-0.2, 0) is 4.79 Å². The molecule has 0 unspecified atom stereocenters. The van der Waals surface area contributed by atoms with E-state index in [1.54, 1.807) is 18.2 Å². The van der Waals surface area contributed by atoms with E-state index in [-0.39, 0.29) is 12.2 Å². The molecule has 0 aliphatic rings. The minimum atomic E-state index is -0.546. The number of benzene rings is 1. The van der Waals surface area contributed by atoms with Crippen LogP contribution in [0.4, 0.5) is 5.69 Å². The van der Waals surface area contributed by atoms with Crippen LogP contribution in [0.15, 0.2) is 30.0 Å². The summed E-state index contributed by atoms with van der Waals surface area (Å²) in [6.45, 7) is 0.516. The SMILES string of the molecule is COc1ccc(NC(=O)/C(C#N)=C\NCCCO)cc1Cl. The summed E-state index contributed by atoms with van der Waals surface area (Å²) in [4.78, 5) is 11.9. The highest BCUT2D eigenvalue weighted by atomic mass is 35.5. The highest BCUT2D eigenvalue weighted by molar-refractivity contribution is 6.32. The van der Waals surface area contributed by atoms with Crippen LogP contribution in [-0.4, -0.2) is 31.3 Å². The van der Waals surface area contributed by atoms with Crippen molar-refractivity contribution in [2.75, 3.05) is 25.6 Å². The third kappa shape index (κ3) is 5.34. The van der Waals surface area contributed by atoms with E-state index in [0.29, 0.717) is 29.4 Å². The number of aliphatic hydroxyl groups is 1. The summed E-state index contributed by atoms with van der Waals surface area (Å²) in [6, 6.07) is 6.58. The average molecular weight is 310 g/mol. The molecule has 1 aromatic rings. The highest BCUT2D eigenvalue weighted by Gasteiger charge is 2.10. The van der Waals surface area contributed by atoms with Crippen LogP contribution in [0.5, 0.6) is 5.75 Å². The first-order valence-corrected chi connectivity index (χ1v) is 6.59.